The second-order valence-corrected chi connectivity index (χ2v) is 8.56. The number of ether oxygens (including phenoxy) is 1. The summed E-state index contributed by atoms with van der Waals surface area (Å²) in [4.78, 5) is 16.1. The summed E-state index contributed by atoms with van der Waals surface area (Å²) in [6.07, 6.45) is 2.34. The van der Waals surface area contributed by atoms with Crippen molar-refractivity contribution in [1.82, 2.24) is 0 Å². The molecule has 0 saturated carbocycles. The largest absolute Gasteiger partial charge is 0.465 e. The van der Waals surface area contributed by atoms with E-state index >= 15 is 0 Å². The fourth-order valence-electron chi connectivity index (χ4n) is 3.74. The Labute approximate surface area is 161 Å². The van der Waals surface area contributed by atoms with Crippen LogP contribution in [0.1, 0.15) is 67.6 Å². The molecule has 0 saturated heterocycles. The van der Waals surface area contributed by atoms with Crippen LogP contribution in [0.2, 0.25) is 0 Å². The maximum absolute atomic E-state index is 11.5. The Morgan fingerprint density at radius 3 is 2.07 bits per heavy atom. The molecule has 2 N–H and O–H groups in total. The SMILES string of the molecule is COC(=O)c1ccc(N=C(N)c2ccc3c(c2)C(C)(C)CCC3(C)C)cc1. The average Bonchev–Trinajstić information content (AvgIpc) is 2.65. The molecule has 0 heterocycles. The van der Waals surface area contributed by atoms with Crippen molar-refractivity contribution in [3.8, 4) is 0 Å². The molecule has 4 heteroatoms. The quantitative estimate of drug-likeness (QED) is 0.480. The van der Waals surface area contributed by atoms with Gasteiger partial charge in [-0.05, 0) is 65.1 Å². The standard InChI is InChI=1S/C23H28N2O2/c1-22(2)12-13-23(3,4)19-14-16(8-11-18(19)22)20(24)25-17-9-6-15(7-10-17)21(26)27-5/h6-11,14H,12-13H2,1-5H3,(H2,24,25). The van der Waals surface area contributed by atoms with Crippen molar-refractivity contribution in [3.05, 3.63) is 64.7 Å². The van der Waals surface area contributed by atoms with E-state index in [0.29, 0.717) is 17.1 Å². The Bertz CT molecular complexity index is 893. The van der Waals surface area contributed by atoms with Gasteiger partial charge in [0.2, 0.25) is 0 Å². The van der Waals surface area contributed by atoms with Crippen LogP contribution in [-0.4, -0.2) is 18.9 Å². The van der Waals surface area contributed by atoms with Crippen molar-refractivity contribution < 1.29 is 9.53 Å². The molecule has 4 nitrogen and oxygen atoms in total. The zero-order valence-corrected chi connectivity index (χ0v) is 16.8. The fourth-order valence-corrected chi connectivity index (χ4v) is 3.74. The van der Waals surface area contributed by atoms with E-state index < -0.39 is 0 Å². The number of aliphatic imine (C=N–C) groups is 1. The van der Waals surface area contributed by atoms with Crippen molar-refractivity contribution in [3.63, 3.8) is 0 Å². The van der Waals surface area contributed by atoms with Crippen LogP contribution in [0.3, 0.4) is 0 Å². The third-order valence-electron chi connectivity index (χ3n) is 5.69. The molecule has 0 bridgehead atoms. The molecule has 0 aromatic heterocycles. The molecular formula is C23H28N2O2. The number of carbonyl (C=O) groups excluding carboxylic acids is 1. The molecule has 0 unspecified atom stereocenters. The predicted octanol–water partition coefficient (Wildman–Crippen LogP) is 4.86. The molecule has 0 spiro atoms. The summed E-state index contributed by atoms with van der Waals surface area (Å²) in [7, 11) is 1.37. The number of nitrogens with two attached hydrogens (primary N) is 1. The van der Waals surface area contributed by atoms with E-state index in [2.05, 4.69) is 50.9 Å². The first-order chi connectivity index (χ1) is 12.6. The minimum atomic E-state index is -0.363. The molecule has 0 radical (unpaired) electrons. The summed E-state index contributed by atoms with van der Waals surface area (Å²) in [5.41, 5.74) is 11.5. The normalized spacial score (nSPS) is 17.9. The fraction of sp³-hybridized carbons (Fsp3) is 0.391. The minimum Gasteiger partial charge on any atom is -0.465 e. The summed E-state index contributed by atoms with van der Waals surface area (Å²) < 4.78 is 4.72. The second kappa shape index (κ2) is 6.84. The topological polar surface area (TPSA) is 64.7 Å². The summed E-state index contributed by atoms with van der Waals surface area (Å²) in [5.74, 6) is 0.112. The van der Waals surface area contributed by atoms with Gasteiger partial charge < -0.3 is 10.5 Å². The van der Waals surface area contributed by atoms with Gasteiger partial charge in [0, 0.05) is 5.56 Å². The van der Waals surface area contributed by atoms with Crippen LogP contribution in [0.4, 0.5) is 5.69 Å². The lowest BCUT2D eigenvalue weighted by molar-refractivity contribution is 0.0601. The molecule has 142 valence electrons. The van der Waals surface area contributed by atoms with E-state index in [0.717, 1.165) is 12.0 Å². The van der Waals surface area contributed by atoms with Crippen LogP contribution in [0, 0.1) is 0 Å². The summed E-state index contributed by atoms with van der Waals surface area (Å²) >= 11 is 0. The third kappa shape index (κ3) is 3.75. The van der Waals surface area contributed by atoms with Gasteiger partial charge in [-0.3, -0.25) is 0 Å². The average molecular weight is 364 g/mol. The van der Waals surface area contributed by atoms with Gasteiger partial charge in [-0.25, -0.2) is 9.79 Å². The zero-order chi connectivity index (χ0) is 19.8. The number of hydrogen-bond donors (Lipinski definition) is 1. The number of methoxy groups -OCH3 is 1. The van der Waals surface area contributed by atoms with Gasteiger partial charge in [-0.15, -0.1) is 0 Å². The number of fused-ring (bicyclic) bond motifs is 1. The zero-order valence-electron chi connectivity index (χ0n) is 16.8. The van der Waals surface area contributed by atoms with Crippen LogP contribution < -0.4 is 5.73 Å². The first-order valence-electron chi connectivity index (χ1n) is 9.32. The summed E-state index contributed by atoms with van der Waals surface area (Å²) in [6, 6.07) is 13.4. The highest BCUT2D eigenvalue weighted by Crippen LogP contribution is 2.45. The number of hydrogen-bond acceptors (Lipinski definition) is 3. The van der Waals surface area contributed by atoms with E-state index in [1.54, 1.807) is 24.3 Å². The maximum Gasteiger partial charge on any atom is 0.337 e. The van der Waals surface area contributed by atoms with Crippen molar-refractivity contribution in [1.29, 1.82) is 0 Å². The first kappa shape index (κ1) is 19.2. The highest BCUT2D eigenvalue weighted by molar-refractivity contribution is 5.99. The van der Waals surface area contributed by atoms with Crippen LogP contribution in [-0.2, 0) is 15.6 Å². The Kier molecular flexibility index (Phi) is 4.85. The minimum absolute atomic E-state index is 0.128. The molecule has 0 atom stereocenters. The Hall–Kier alpha value is -2.62. The lowest BCUT2D eigenvalue weighted by atomic mass is 9.63. The van der Waals surface area contributed by atoms with Gasteiger partial charge in [-0.1, -0.05) is 39.8 Å². The maximum atomic E-state index is 11.5. The van der Waals surface area contributed by atoms with Crippen LogP contribution >= 0.6 is 0 Å². The predicted molar refractivity (Wildman–Crippen MR) is 110 cm³/mol. The van der Waals surface area contributed by atoms with Gasteiger partial charge in [0.1, 0.15) is 5.84 Å². The van der Waals surface area contributed by atoms with Crippen LogP contribution in [0.25, 0.3) is 0 Å². The van der Waals surface area contributed by atoms with Gasteiger partial charge in [0.05, 0.1) is 18.4 Å². The summed E-state index contributed by atoms with van der Waals surface area (Å²) in [6.45, 7) is 9.20. The number of benzene rings is 2. The Balaban J connectivity index is 1.95. The molecule has 3 rings (SSSR count). The lowest BCUT2D eigenvalue weighted by Gasteiger charge is -2.42. The molecule has 2 aromatic rings. The first-order valence-corrected chi connectivity index (χ1v) is 9.32. The number of esters is 1. The number of nitrogens with zero attached hydrogens (tertiary/aromatic N) is 1. The molecule has 0 aliphatic heterocycles. The Morgan fingerprint density at radius 2 is 1.48 bits per heavy atom. The number of carbonyl (C=O) groups is 1. The second-order valence-electron chi connectivity index (χ2n) is 8.56. The molecule has 1 aliphatic carbocycles. The van der Waals surface area contributed by atoms with Gasteiger partial charge >= 0.3 is 5.97 Å². The summed E-state index contributed by atoms with van der Waals surface area (Å²) in [5, 5.41) is 0. The molecule has 0 amide bonds. The molecule has 1 aliphatic rings. The van der Waals surface area contributed by atoms with Crippen LogP contribution in [0.5, 0.6) is 0 Å². The van der Waals surface area contributed by atoms with E-state index in [4.69, 9.17) is 10.5 Å². The van der Waals surface area contributed by atoms with Crippen molar-refractivity contribution in [2.75, 3.05) is 7.11 Å². The van der Waals surface area contributed by atoms with E-state index in [1.165, 1.54) is 24.7 Å². The Morgan fingerprint density at radius 1 is 0.926 bits per heavy atom. The highest BCUT2D eigenvalue weighted by Gasteiger charge is 2.37. The number of rotatable bonds is 3. The molecular weight excluding hydrogens is 336 g/mol. The van der Waals surface area contributed by atoms with Gasteiger partial charge in [-0.2, -0.15) is 0 Å². The van der Waals surface area contributed by atoms with E-state index in [9.17, 15) is 4.79 Å². The smallest absolute Gasteiger partial charge is 0.337 e. The van der Waals surface area contributed by atoms with Crippen LogP contribution in [0.15, 0.2) is 47.5 Å². The van der Waals surface area contributed by atoms with E-state index in [-0.39, 0.29) is 16.8 Å². The van der Waals surface area contributed by atoms with Gasteiger partial charge in [0.25, 0.3) is 0 Å². The molecule has 2 aromatic carbocycles. The lowest BCUT2D eigenvalue weighted by Crippen LogP contribution is -2.34. The van der Waals surface area contributed by atoms with Crippen molar-refractivity contribution >= 4 is 17.5 Å². The monoisotopic (exact) mass is 364 g/mol. The molecule has 0 fully saturated rings. The highest BCUT2D eigenvalue weighted by atomic mass is 16.5. The third-order valence-corrected chi connectivity index (χ3v) is 5.69. The number of amidine groups is 1. The van der Waals surface area contributed by atoms with E-state index in [1.807, 2.05) is 0 Å². The molecule has 27 heavy (non-hydrogen) atoms. The van der Waals surface area contributed by atoms with Crippen molar-refractivity contribution in [2.24, 2.45) is 10.7 Å². The van der Waals surface area contributed by atoms with Gasteiger partial charge in [0.15, 0.2) is 0 Å². The van der Waals surface area contributed by atoms with Crippen molar-refractivity contribution in [2.45, 2.75) is 51.4 Å².